The highest BCUT2D eigenvalue weighted by molar-refractivity contribution is 4.89. The van der Waals surface area contributed by atoms with Crippen LogP contribution in [0.3, 0.4) is 0 Å². The van der Waals surface area contributed by atoms with E-state index in [0.717, 1.165) is 6.04 Å². The zero-order chi connectivity index (χ0) is 13.6. The second-order valence-corrected chi connectivity index (χ2v) is 6.97. The normalized spacial score (nSPS) is 29.1. The lowest BCUT2D eigenvalue weighted by molar-refractivity contribution is 0.0757. The fraction of sp³-hybridized carbons (Fsp3) is 1.00. The van der Waals surface area contributed by atoms with Crippen LogP contribution in [0.1, 0.15) is 71.1 Å². The Labute approximate surface area is 120 Å². The van der Waals surface area contributed by atoms with Crippen LogP contribution in [0.5, 0.6) is 0 Å². The van der Waals surface area contributed by atoms with Crippen molar-refractivity contribution >= 4 is 0 Å². The molecule has 2 rings (SSSR count). The van der Waals surface area contributed by atoms with Crippen molar-refractivity contribution in [2.24, 2.45) is 5.41 Å². The van der Waals surface area contributed by atoms with Gasteiger partial charge in [0.15, 0.2) is 0 Å². The summed E-state index contributed by atoms with van der Waals surface area (Å²) in [6, 6.07) is 0.859. The smallest absolute Gasteiger partial charge is 0.00928 e. The molecule has 1 unspecified atom stereocenters. The van der Waals surface area contributed by atoms with Gasteiger partial charge in [-0.3, -0.25) is 4.90 Å². The van der Waals surface area contributed by atoms with Crippen molar-refractivity contribution in [1.29, 1.82) is 0 Å². The first-order chi connectivity index (χ1) is 9.29. The van der Waals surface area contributed by atoms with E-state index >= 15 is 0 Å². The molecule has 0 aromatic rings. The standard InChI is InChI=1S/C17H34N2/c1-3-16-10-6-4-9-13-19(16)15-17(14-18-2)11-7-5-8-12-17/h16,18H,3-15H2,1-2H3. The number of nitrogens with one attached hydrogen (secondary N) is 1. The Morgan fingerprint density at radius 3 is 2.47 bits per heavy atom. The third kappa shape index (κ3) is 4.19. The summed E-state index contributed by atoms with van der Waals surface area (Å²) in [5.74, 6) is 0. The number of nitrogens with zero attached hydrogens (tertiary/aromatic N) is 1. The van der Waals surface area contributed by atoms with Crippen LogP contribution in [0.15, 0.2) is 0 Å². The molecule has 0 aromatic carbocycles. The van der Waals surface area contributed by atoms with Gasteiger partial charge in [-0.05, 0) is 51.1 Å². The van der Waals surface area contributed by atoms with Gasteiger partial charge in [-0.1, -0.05) is 39.0 Å². The Bertz CT molecular complexity index is 240. The molecule has 112 valence electrons. The molecule has 2 nitrogen and oxygen atoms in total. The molecule has 0 bridgehead atoms. The zero-order valence-corrected chi connectivity index (χ0v) is 13.2. The van der Waals surface area contributed by atoms with Crippen LogP contribution >= 0.6 is 0 Å². The topological polar surface area (TPSA) is 15.3 Å². The van der Waals surface area contributed by atoms with E-state index in [2.05, 4.69) is 24.2 Å². The first kappa shape index (κ1) is 15.3. The average molecular weight is 266 g/mol. The molecule has 1 saturated carbocycles. The van der Waals surface area contributed by atoms with Crippen molar-refractivity contribution in [3.63, 3.8) is 0 Å². The zero-order valence-electron chi connectivity index (χ0n) is 13.2. The van der Waals surface area contributed by atoms with E-state index < -0.39 is 0 Å². The first-order valence-electron chi connectivity index (χ1n) is 8.68. The van der Waals surface area contributed by atoms with E-state index in [0.29, 0.717) is 5.41 Å². The minimum absolute atomic E-state index is 0.574. The lowest BCUT2D eigenvalue weighted by Crippen LogP contribution is -2.48. The number of likely N-dealkylation sites (tertiary alicyclic amines) is 1. The van der Waals surface area contributed by atoms with Gasteiger partial charge in [0, 0.05) is 19.1 Å². The summed E-state index contributed by atoms with van der Waals surface area (Å²) in [5, 5.41) is 3.49. The Morgan fingerprint density at radius 2 is 1.79 bits per heavy atom. The van der Waals surface area contributed by atoms with Crippen molar-refractivity contribution < 1.29 is 0 Å². The fourth-order valence-electron chi connectivity index (χ4n) is 4.41. The Morgan fingerprint density at radius 1 is 1.05 bits per heavy atom. The van der Waals surface area contributed by atoms with Gasteiger partial charge in [-0.15, -0.1) is 0 Å². The number of hydrogen-bond donors (Lipinski definition) is 1. The molecule has 1 saturated heterocycles. The van der Waals surface area contributed by atoms with Crippen molar-refractivity contribution in [3.8, 4) is 0 Å². The van der Waals surface area contributed by atoms with Crippen LogP contribution in [-0.2, 0) is 0 Å². The van der Waals surface area contributed by atoms with Gasteiger partial charge in [0.05, 0.1) is 0 Å². The van der Waals surface area contributed by atoms with Gasteiger partial charge in [-0.2, -0.15) is 0 Å². The van der Waals surface area contributed by atoms with Gasteiger partial charge in [-0.25, -0.2) is 0 Å². The second kappa shape index (κ2) is 7.64. The third-order valence-corrected chi connectivity index (χ3v) is 5.47. The van der Waals surface area contributed by atoms with E-state index in [1.54, 1.807) is 0 Å². The monoisotopic (exact) mass is 266 g/mol. The maximum Gasteiger partial charge on any atom is 0.00928 e. The molecule has 2 heteroatoms. The van der Waals surface area contributed by atoms with Crippen LogP contribution < -0.4 is 5.32 Å². The Kier molecular flexibility index (Phi) is 6.15. The average Bonchev–Trinajstić information content (AvgIpc) is 2.65. The Balaban J connectivity index is 2.01. The van der Waals surface area contributed by atoms with E-state index in [9.17, 15) is 0 Å². The highest BCUT2D eigenvalue weighted by Crippen LogP contribution is 2.37. The van der Waals surface area contributed by atoms with Gasteiger partial charge >= 0.3 is 0 Å². The lowest BCUT2D eigenvalue weighted by Gasteiger charge is -2.43. The number of hydrogen-bond acceptors (Lipinski definition) is 2. The van der Waals surface area contributed by atoms with Gasteiger partial charge < -0.3 is 5.32 Å². The predicted molar refractivity (Wildman–Crippen MR) is 83.6 cm³/mol. The molecule has 1 N–H and O–H groups in total. The molecule has 19 heavy (non-hydrogen) atoms. The minimum Gasteiger partial charge on any atom is -0.319 e. The van der Waals surface area contributed by atoms with Crippen LogP contribution in [0.4, 0.5) is 0 Å². The SMILES string of the molecule is CCC1CCCCCN1CC1(CNC)CCCCC1. The summed E-state index contributed by atoms with van der Waals surface area (Å²) in [6.07, 6.45) is 14.4. The van der Waals surface area contributed by atoms with Crippen LogP contribution in [-0.4, -0.2) is 37.6 Å². The van der Waals surface area contributed by atoms with Crippen molar-refractivity contribution in [2.45, 2.75) is 77.2 Å². The van der Waals surface area contributed by atoms with Crippen LogP contribution in [0.2, 0.25) is 0 Å². The molecule has 2 aliphatic rings. The first-order valence-corrected chi connectivity index (χ1v) is 8.68. The summed E-state index contributed by atoms with van der Waals surface area (Å²) in [4.78, 5) is 2.86. The Hall–Kier alpha value is -0.0800. The van der Waals surface area contributed by atoms with Crippen LogP contribution in [0.25, 0.3) is 0 Å². The lowest BCUT2D eigenvalue weighted by atomic mass is 9.73. The van der Waals surface area contributed by atoms with Gasteiger partial charge in [0.1, 0.15) is 0 Å². The largest absolute Gasteiger partial charge is 0.319 e. The fourth-order valence-corrected chi connectivity index (χ4v) is 4.41. The molecule has 1 heterocycles. The van der Waals surface area contributed by atoms with Gasteiger partial charge in [0.2, 0.25) is 0 Å². The van der Waals surface area contributed by atoms with Crippen molar-refractivity contribution in [2.75, 3.05) is 26.7 Å². The molecule has 1 aliphatic heterocycles. The summed E-state index contributed by atoms with van der Waals surface area (Å²) >= 11 is 0. The maximum absolute atomic E-state index is 3.49. The summed E-state index contributed by atoms with van der Waals surface area (Å²) in [6.45, 7) is 6.31. The van der Waals surface area contributed by atoms with E-state index in [4.69, 9.17) is 0 Å². The molecule has 0 amide bonds. The number of rotatable bonds is 5. The second-order valence-electron chi connectivity index (χ2n) is 6.97. The van der Waals surface area contributed by atoms with E-state index in [1.807, 2.05) is 0 Å². The highest BCUT2D eigenvalue weighted by atomic mass is 15.2. The predicted octanol–water partition coefficient (Wildman–Crippen LogP) is 3.81. The molecule has 0 aromatic heterocycles. The van der Waals surface area contributed by atoms with E-state index in [-0.39, 0.29) is 0 Å². The summed E-state index contributed by atoms with van der Waals surface area (Å²) in [7, 11) is 2.14. The molecule has 1 aliphatic carbocycles. The maximum atomic E-state index is 3.49. The molecular formula is C17H34N2. The summed E-state index contributed by atoms with van der Waals surface area (Å²) in [5.41, 5.74) is 0.574. The minimum atomic E-state index is 0.574. The molecule has 0 radical (unpaired) electrons. The molecule has 1 atom stereocenters. The molecular weight excluding hydrogens is 232 g/mol. The molecule has 0 spiro atoms. The van der Waals surface area contributed by atoms with Crippen molar-refractivity contribution in [1.82, 2.24) is 10.2 Å². The quantitative estimate of drug-likeness (QED) is 0.814. The van der Waals surface area contributed by atoms with E-state index in [1.165, 1.54) is 83.8 Å². The molecule has 2 fully saturated rings. The third-order valence-electron chi connectivity index (χ3n) is 5.47. The van der Waals surface area contributed by atoms with Crippen molar-refractivity contribution in [3.05, 3.63) is 0 Å². The summed E-state index contributed by atoms with van der Waals surface area (Å²) < 4.78 is 0. The highest BCUT2D eigenvalue weighted by Gasteiger charge is 2.35. The van der Waals surface area contributed by atoms with Gasteiger partial charge in [0.25, 0.3) is 0 Å². The van der Waals surface area contributed by atoms with Crippen LogP contribution in [0, 0.1) is 5.41 Å².